The molecule has 0 spiro atoms. The van der Waals surface area contributed by atoms with Crippen molar-refractivity contribution in [2.75, 3.05) is 29.1 Å². The smallest absolute Gasteiger partial charge is 0.414 e. The van der Waals surface area contributed by atoms with Crippen LogP contribution in [0.15, 0.2) is 47.9 Å². The fourth-order valence-corrected chi connectivity index (χ4v) is 5.61. The van der Waals surface area contributed by atoms with Crippen LogP contribution in [0.4, 0.5) is 35.4 Å². The Bertz CT molecular complexity index is 1730. The predicted octanol–water partition coefficient (Wildman–Crippen LogP) is 6.31. The summed E-state index contributed by atoms with van der Waals surface area (Å²) in [7, 11) is 0. The highest BCUT2D eigenvalue weighted by atomic mass is 32.2. The molecule has 0 unspecified atom stereocenters. The molecule has 13 nitrogen and oxygen atoms in total. The summed E-state index contributed by atoms with van der Waals surface area (Å²) >= 11 is 1.47. The number of rotatable bonds is 8. The van der Waals surface area contributed by atoms with Gasteiger partial charge in [-0.15, -0.1) is 11.8 Å². The number of hydrogen-bond donors (Lipinski definition) is 2. The number of nitrogens with one attached hydrogen (secondary N) is 2. The van der Waals surface area contributed by atoms with Gasteiger partial charge in [0, 0.05) is 54.0 Å². The lowest BCUT2D eigenvalue weighted by Crippen LogP contribution is -2.39. The second-order valence-electron chi connectivity index (χ2n) is 12.3. The Kier molecular flexibility index (Phi) is 9.28. The molecule has 3 aromatic heterocycles. The first kappa shape index (κ1) is 32.8. The number of carbonyl (C=O) groups is 2. The second-order valence-corrected chi connectivity index (χ2v) is 13.5. The van der Waals surface area contributed by atoms with E-state index in [0.29, 0.717) is 45.6 Å². The van der Waals surface area contributed by atoms with Gasteiger partial charge in [0.1, 0.15) is 28.3 Å². The number of amides is 2. The van der Waals surface area contributed by atoms with Gasteiger partial charge in [-0.25, -0.2) is 19.1 Å². The van der Waals surface area contributed by atoms with Crippen molar-refractivity contribution < 1.29 is 32.6 Å². The van der Waals surface area contributed by atoms with Crippen LogP contribution in [0.1, 0.15) is 41.5 Å². The Morgan fingerprint density at radius 1 is 1.09 bits per heavy atom. The predicted molar refractivity (Wildman–Crippen MR) is 169 cm³/mol. The number of benzene rings is 1. The molecule has 0 radical (unpaired) electrons. The van der Waals surface area contributed by atoms with Gasteiger partial charge in [0.05, 0.1) is 24.1 Å². The zero-order chi connectivity index (χ0) is 33.2. The number of alkyl carbamates (subject to hydrolysis) is 1. The molecule has 1 aliphatic heterocycles. The summed E-state index contributed by atoms with van der Waals surface area (Å²) in [5.74, 6) is 0.382. The van der Waals surface area contributed by atoms with Gasteiger partial charge >= 0.3 is 18.8 Å². The fraction of sp³-hybridized carbons (Fsp3) is 0.433. The number of anilines is 3. The summed E-state index contributed by atoms with van der Waals surface area (Å²) in [5, 5.41) is 15.0. The Hall–Kier alpha value is -4.60. The minimum Gasteiger partial charge on any atom is -0.444 e. The molecule has 0 fully saturated rings. The van der Waals surface area contributed by atoms with Gasteiger partial charge in [-0.2, -0.15) is 19.0 Å². The molecule has 4 aromatic rings. The number of alkyl halides is 2. The lowest BCUT2D eigenvalue weighted by Gasteiger charge is -2.32. The molecule has 0 bridgehead atoms. The molecular formula is C30H36F2N8O5S. The molecule has 0 atom stereocenters. The van der Waals surface area contributed by atoms with Gasteiger partial charge in [-0.05, 0) is 53.7 Å². The number of aromatic nitrogens is 5. The van der Waals surface area contributed by atoms with Crippen molar-refractivity contribution in [3.05, 3.63) is 43.0 Å². The molecule has 16 heteroatoms. The third-order valence-corrected chi connectivity index (χ3v) is 7.35. The summed E-state index contributed by atoms with van der Waals surface area (Å²) in [4.78, 5) is 31.7. The van der Waals surface area contributed by atoms with E-state index in [9.17, 15) is 18.4 Å². The number of carbonyl (C=O) groups excluding carboxylic acids is 2. The molecule has 4 heterocycles. The lowest BCUT2D eigenvalue weighted by molar-refractivity contribution is -0.0494. The summed E-state index contributed by atoms with van der Waals surface area (Å²) in [6.07, 6.45) is 5.47. The number of thioether (sulfide) groups is 1. The molecule has 0 saturated carbocycles. The normalized spacial score (nSPS) is 13.5. The first-order valence-corrected chi connectivity index (χ1v) is 15.5. The van der Waals surface area contributed by atoms with Crippen LogP contribution < -0.4 is 20.3 Å². The van der Waals surface area contributed by atoms with Crippen LogP contribution in [0.25, 0.3) is 16.9 Å². The number of nitrogens with zero attached hydrogens (tertiary/aromatic N) is 6. The quantitative estimate of drug-likeness (QED) is 0.222. The van der Waals surface area contributed by atoms with E-state index in [1.54, 1.807) is 87.7 Å². The van der Waals surface area contributed by atoms with E-state index >= 15 is 0 Å². The summed E-state index contributed by atoms with van der Waals surface area (Å²) in [5.41, 5.74) is 1.08. The molecule has 46 heavy (non-hydrogen) atoms. The SMILES string of the molecule is CC(C)(C)OC(=O)NCCn1cc(Nc2cnn3cccnc23)c(-c2cc3c(cc2OC(F)F)N(C(=O)OC(C)(C)C)CCS3)n1. The molecule has 1 aromatic carbocycles. The average molecular weight is 659 g/mol. The van der Waals surface area contributed by atoms with Crippen molar-refractivity contribution in [2.45, 2.75) is 70.8 Å². The maximum Gasteiger partial charge on any atom is 0.414 e. The van der Waals surface area contributed by atoms with E-state index in [-0.39, 0.29) is 24.4 Å². The van der Waals surface area contributed by atoms with Crippen LogP contribution in [0.3, 0.4) is 0 Å². The van der Waals surface area contributed by atoms with Crippen molar-refractivity contribution in [2.24, 2.45) is 0 Å². The summed E-state index contributed by atoms with van der Waals surface area (Å²) in [6, 6.07) is 4.83. The van der Waals surface area contributed by atoms with Crippen LogP contribution in [0, 0.1) is 0 Å². The molecule has 246 valence electrons. The van der Waals surface area contributed by atoms with E-state index in [4.69, 9.17) is 19.3 Å². The van der Waals surface area contributed by atoms with Gasteiger partial charge in [-0.1, -0.05) is 0 Å². The zero-order valence-electron chi connectivity index (χ0n) is 26.3. The summed E-state index contributed by atoms with van der Waals surface area (Å²) < 4.78 is 46.7. The van der Waals surface area contributed by atoms with Crippen molar-refractivity contribution in [1.82, 2.24) is 29.7 Å². The summed E-state index contributed by atoms with van der Waals surface area (Å²) in [6.45, 7) is 8.16. The van der Waals surface area contributed by atoms with E-state index in [0.717, 1.165) is 0 Å². The number of hydrogen-bond acceptors (Lipinski definition) is 10. The second kappa shape index (κ2) is 13.0. The standard InChI is InChI=1S/C30H36F2N8O5S/c1-29(2,3)44-27(41)34-9-11-38-17-20(36-19-16-35-40-10-7-8-33-25(19)40)24(37-38)18-14-23-21(15-22(18)43-26(31)32)39(12-13-46-23)28(42)45-30(4,5)6/h7-8,10,14-17,26,36H,9,11-13H2,1-6H3,(H,34,41). The molecule has 1 aliphatic rings. The monoisotopic (exact) mass is 658 g/mol. The first-order valence-electron chi connectivity index (χ1n) is 14.5. The van der Waals surface area contributed by atoms with Crippen molar-refractivity contribution in [3.8, 4) is 17.0 Å². The highest BCUT2D eigenvalue weighted by molar-refractivity contribution is 7.99. The van der Waals surface area contributed by atoms with Crippen LogP contribution >= 0.6 is 11.8 Å². The Morgan fingerprint density at radius 2 is 1.85 bits per heavy atom. The topological polar surface area (TPSA) is 137 Å². The van der Waals surface area contributed by atoms with Gasteiger partial charge in [0.2, 0.25) is 0 Å². The maximum absolute atomic E-state index is 13.8. The minimum atomic E-state index is -3.15. The molecule has 2 amide bonds. The highest BCUT2D eigenvalue weighted by Gasteiger charge is 2.31. The largest absolute Gasteiger partial charge is 0.444 e. The number of halogens is 2. The van der Waals surface area contributed by atoms with Crippen molar-refractivity contribution in [3.63, 3.8) is 0 Å². The van der Waals surface area contributed by atoms with E-state index in [2.05, 4.69) is 20.7 Å². The average Bonchev–Trinajstić information content (AvgIpc) is 3.54. The molecule has 5 rings (SSSR count). The van der Waals surface area contributed by atoms with E-state index in [1.165, 1.54) is 22.7 Å². The van der Waals surface area contributed by atoms with Gasteiger partial charge < -0.3 is 24.8 Å². The van der Waals surface area contributed by atoms with Crippen LogP contribution in [0.2, 0.25) is 0 Å². The molecule has 2 N–H and O–H groups in total. The third-order valence-electron chi connectivity index (χ3n) is 6.33. The zero-order valence-corrected chi connectivity index (χ0v) is 27.2. The van der Waals surface area contributed by atoms with Crippen LogP contribution in [-0.2, 0) is 16.0 Å². The molecular weight excluding hydrogens is 622 g/mol. The van der Waals surface area contributed by atoms with Crippen LogP contribution in [0.5, 0.6) is 5.75 Å². The maximum atomic E-state index is 13.8. The highest BCUT2D eigenvalue weighted by Crippen LogP contribution is 2.45. The Balaban J connectivity index is 1.54. The number of ether oxygens (including phenoxy) is 3. The number of fused-ring (bicyclic) bond motifs is 2. The molecule has 0 aliphatic carbocycles. The Labute approximate surface area is 268 Å². The Morgan fingerprint density at radius 3 is 2.57 bits per heavy atom. The fourth-order valence-electron chi connectivity index (χ4n) is 4.60. The van der Waals surface area contributed by atoms with E-state index in [1.807, 2.05) is 0 Å². The van der Waals surface area contributed by atoms with Gasteiger partial charge in [0.15, 0.2) is 5.65 Å². The van der Waals surface area contributed by atoms with Crippen LogP contribution in [-0.4, -0.2) is 73.2 Å². The van der Waals surface area contributed by atoms with E-state index < -0.39 is 30.0 Å². The lowest BCUT2D eigenvalue weighted by atomic mass is 10.1. The van der Waals surface area contributed by atoms with Crippen molar-refractivity contribution >= 4 is 46.7 Å². The van der Waals surface area contributed by atoms with Gasteiger partial charge in [-0.3, -0.25) is 9.58 Å². The first-order chi connectivity index (χ1) is 21.7. The van der Waals surface area contributed by atoms with Gasteiger partial charge in [0.25, 0.3) is 0 Å². The molecule has 0 saturated heterocycles. The van der Waals surface area contributed by atoms with Crippen molar-refractivity contribution in [1.29, 1.82) is 0 Å². The minimum absolute atomic E-state index is 0.178. The third kappa shape index (κ3) is 7.97.